The molecule has 0 radical (unpaired) electrons. The van der Waals surface area contributed by atoms with Crippen LogP contribution in [0.15, 0.2) is 0 Å². The van der Waals surface area contributed by atoms with Crippen molar-refractivity contribution in [1.82, 2.24) is 10.2 Å². The smallest absolute Gasteiger partial charge is 0.308 e. The first-order chi connectivity index (χ1) is 8.63. The molecule has 1 fully saturated rings. The van der Waals surface area contributed by atoms with E-state index < -0.39 is 0 Å². The number of nitrogens with one attached hydrogen (secondary N) is 1. The zero-order valence-electron chi connectivity index (χ0n) is 12.1. The van der Waals surface area contributed by atoms with Gasteiger partial charge < -0.3 is 15.0 Å². The third-order valence-electron chi connectivity index (χ3n) is 3.77. The van der Waals surface area contributed by atoms with Gasteiger partial charge in [-0.25, -0.2) is 0 Å². The van der Waals surface area contributed by atoms with Crippen LogP contribution in [0, 0.1) is 11.8 Å². The highest BCUT2D eigenvalue weighted by molar-refractivity contribution is 5.72. The van der Waals surface area contributed by atoms with Gasteiger partial charge in [0.05, 0.1) is 13.0 Å². The van der Waals surface area contributed by atoms with Crippen LogP contribution in [0.1, 0.15) is 32.1 Å². The Kier molecular flexibility index (Phi) is 7.28. The van der Waals surface area contributed by atoms with Crippen molar-refractivity contribution >= 4 is 5.97 Å². The Bertz CT molecular complexity index is 236. The standard InChI is InChI=1S/C14H28N2O2/c1-16(2)10-4-9-15-11-12-5-7-13(8-6-12)14(17)18-3/h12-13,15H,4-11H2,1-3H3/t12-,13-. The Balaban J connectivity index is 2.04. The Labute approximate surface area is 111 Å². The van der Waals surface area contributed by atoms with E-state index in [0.29, 0.717) is 0 Å². The molecular formula is C14H28N2O2. The van der Waals surface area contributed by atoms with E-state index in [1.54, 1.807) is 0 Å². The summed E-state index contributed by atoms with van der Waals surface area (Å²) in [5.41, 5.74) is 0. The van der Waals surface area contributed by atoms with Crippen LogP contribution < -0.4 is 5.32 Å². The van der Waals surface area contributed by atoms with Crippen molar-refractivity contribution in [3.63, 3.8) is 0 Å². The minimum absolute atomic E-state index is 0.0209. The molecule has 0 saturated heterocycles. The summed E-state index contributed by atoms with van der Waals surface area (Å²) in [4.78, 5) is 13.6. The quantitative estimate of drug-likeness (QED) is 0.554. The van der Waals surface area contributed by atoms with Crippen LogP contribution >= 0.6 is 0 Å². The lowest BCUT2D eigenvalue weighted by Crippen LogP contribution is -2.30. The van der Waals surface area contributed by atoms with Crippen molar-refractivity contribution in [2.75, 3.05) is 40.8 Å². The number of hydrogen-bond acceptors (Lipinski definition) is 4. The number of rotatable bonds is 7. The van der Waals surface area contributed by atoms with E-state index in [2.05, 4.69) is 24.3 Å². The Hall–Kier alpha value is -0.610. The third kappa shape index (κ3) is 5.83. The summed E-state index contributed by atoms with van der Waals surface area (Å²) in [7, 11) is 5.70. The molecule has 0 unspecified atom stereocenters. The summed E-state index contributed by atoms with van der Waals surface area (Å²) in [5, 5.41) is 3.53. The van der Waals surface area contributed by atoms with Crippen LogP contribution in [-0.4, -0.2) is 51.7 Å². The molecule has 1 saturated carbocycles. The van der Waals surface area contributed by atoms with Crippen molar-refractivity contribution in [3.8, 4) is 0 Å². The Morgan fingerprint density at radius 3 is 2.50 bits per heavy atom. The molecule has 0 aromatic rings. The van der Waals surface area contributed by atoms with Gasteiger partial charge in [-0.05, 0) is 71.8 Å². The summed E-state index contributed by atoms with van der Waals surface area (Å²) >= 11 is 0. The number of ether oxygens (including phenoxy) is 1. The number of carbonyl (C=O) groups excluding carboxylic acids is 1. The second kappa shape index (κ2) is 8.48. The molecule has 0 amide bonds. The van der Waals surface area contributed by atoms with Gasteiger partial charge in [0.15, 0.2) is 0 Å². The van der Waals surface area contributed by atoms with Crippen molar-refractivity contribution in [1.29, 1.82) is 0 Å². The normalized spacial score (nSPS) is 24.2. The molecule has 106 valence electrons. The number of methoxy groups -OCH3 is 1. The summed E-state index contributed by atoms with van der Waals surface area (Å²) in [6.45, 7) is 3.33. The van der Waals surface area contributed by atoms with Gasteiger partial charge in [0.25, 0.3) is 0 Å². The van der Waals surface area contributed by atoms with E-state index in [1.807, 2.05) is 0 Å². The lowest BCUT2D eigenvalue weighted by atomic mass is 9.82. The van der Waals surface area contributed by atoms with Gasteiger partial charge in [0.1, 0.15) is 0 Å². The largest absolute Gasteiger partial charge is 0.469 e. The molecule has 0 aromatic carbocycles. The van der Waals surface area contributed by atoms with E-state index in [0.717, 1.165) is 51.2 Å². The molecule has 0 aromatic heterocycles. The van der Waals surface area contributed by atoms with Crippen LogP contribution in [0.3, 0.4) is 0 Å². The van der Waals surface area contributed by atoms with Gasteiger partial charge in [-0.15, -0.1) is 0 Å². The maximum absolute atomic E-state index is 11.4. The SMILES string of the molecule is COC(=O)[C@H]1CC[C@H](CNCCCN(C)C)CC1. The van der Waals surface area contributed by atoms with Gasteiger partial charge in [0.2, 0.25) is 0 Å². The minimum atomic E-state index is -0.0209. The van der Waals surface area contributed by atoms with E-state index in [1.165, 1.54) is 13.5 Å². The molecule has 1 aliphatic carbocycles. The fourth-order valence-electron chi connectivity index (χ4n) is 2.60. The topological polar surface area (TPSA) is 41.6 Å². The highest BCUT2D eigenvalue weighted by Crippen LogP contribution is 2.28. The van der Waals surface area contributed by atoms with Gasteiger partial charge in [0, 0.05) is 0 Å². The number of esters is 1. The average Bonchev–Trinajstić information content (AvgIpc) is 2.38. The highest BCUT2D eigenvalue weighted by atomic mass is 16.5. The first-order valence-electron chi connectivity index (χ1n) is 7.06. The molecule has 4 heteroatoms. The monoisotopic (exact) mass is 256 g/mol. The number of hydrogen-bond donors (Lipinski definition) is 1. The van der Waals surface area contributed by atoms with Crippen molar-refractivity contribution in [3.05, 3.63) is 0 Å². The number of nitrogens with zero attached hydrogens (tertiary/aromatic N) is 1. The zero-order valence-corrected chi connectivity index (χ0v) is 12.1. The summed E-state index contributed by atoms with van der Waals surface area (Å²) in [6.07, 6.45) is 5.50. The molecule has 1 N–H and O–H groups in total. The average molecular weight is 256 g/mol. The molecule has 0 atom stereocenters. The molecule has 0 spiro atoms. The van der Waals surface area contributed by atoms with E-state index in [4.69, 9.17) is 4.74 Å². The fourth-order valence-corrected chi connectivity index (χ4v) is 2.60. The Morgan fingerprint density at radius 2 is 1.94 bits per heavy atom. The lowest BCUT2D eigenvalue weighted by Gasteiger charge is -2.27. The summed E-state index contributed by atoms with van der Waals surface area (Å²) < 4.78 is 4.80. The fraction of sp³-hybridized carbons (Fsp3) is 0.929. The molecule has 0 bridgehead atoms. The maximum Gasteiger partial charge on any atom is 0.308 e. The molecule has 0 aliphatic heterocycles. The molecule has 1 aliphatic rings. The second-order valence-corrected chi connectivity index (χ2v) is 5.60. The van der Waals surface area contributed by atoms with Crippen molar-refractivity contribution < 1.29 is 9.53 Å². The third-order valence-corrected chi connectivity index (χ3v) is 3.77. The van der Waals surface area contributed by atoms with Crippen LogP contribution in [-0.2, 0) is 9.53 Å². The van der Waals surface area contributed by atoms with E-state index >= 15 is 0 Å². The first-order valence-corrected chi connectivity index (χ1v) is 7.06. The van der Waals surface area contributed by atoms with E-state index in [9.17, 15) is 4.79 Å². The van der Waals surface area contributed by atoms with Gasteiger partial charge in [-0.3, -0.25) is 4.79 Å². The molecule has 4 nitrogen and oxygen atoms in total. The second-order valence-electron chi connectivity index (χ2n) is 5.60. The van der Waals surface area contributed by atoms with Crippen LogP contribution in [0.25, 0.3) is 0 Å². The van der Waals surface area contributed by atoms with Crippen molar-refractivity contribution in [2.45, 2.75) is 32.1 Å². The zero-order chi connectivity index (χ0) is 13.4. The molecule has 1 rings (SSSR count). The van der Waals surface area contributed by atoms with Crippen LogP contribution in [0.4, 0.5) is 0 Å². The van der Waals surface area contributed by atoms with Gasteiger partial charge in [-0.2, -0.15) is 0 Å². The van der Waals surface area contributed by atoms with Crippen LogP contribution in [0.5, 0.6) is 0 Å². The summed E-state index contributed by atoms with van der Waals surface area (Å²) in [5.74, 6) is 0.873. The first kappa shape index (κ1) is 15.4. The van der Waals surface area contributed by atoms with Gasteiger partial charge >= 0.3 is 5.97 Å². The Morgan fingerprint density at radius 1 is 1.28 bits per heavy atom. The van der Waals surface area contributed by atoms with Crippen molar-refractivity contribution in [2.24, 2.45) is 11.8 Å². The van der Waals surface area contributed by atoms with Gasteiger partial charge in [-0.1, -0.05) is 0 Å². The molecular weight excluding hydrogens is 228 g/mol. The van der Waals surface area contributed by atoms with E-state index in [-0.39, 0.29) is 11.9 Å². The summed E-state index contributed by atoms with van der Waals surface area (Å²) in [6, 6.07) is 0. The predicted molar refractivity (Wildman–Crippen MR) is 73.5 cm³/mol. The highest BCUT2D eigenvalue weighted by Gasteiger charge is 2.26. The number of carbonyl (C=O) groups is 1. The molecule has 0 heterocycles. The predicted octanol–water partition coefficient (Wildman–Crippen LogP) is 1.51. The molecule has 18 heavy (non-hydrogen) atoms. The minimum Gasteiger partial charge on any atom is -0.469 e. The maximum atomic E-state index is 11.4. The van der Waals surface area contributed by atoms with Crippen LogP contribution in [0.2, 0.25) is 0 Å². The lowest BCUT2D eigenvalue weighted by molar-refractivity contribution is -0.146.